The van der Waals surface area contributed by atoms with Crippen molar-refractivity contribution >= 4 is 28.2 Å². The van der Waals surface area contributed by atoms with Crippen LogP contribution in [0, 0.1) is 6.92 Å². The Kier molecular flexibility index (Phi) is 7.31. The first-order valence-corrected chi connectivity index (χ1v) is 13.4. The summed E-state index contributed by atoms with van der Waals surface area (Å²) >= 11 is 0. The molecular formula is C32H32N2O7. The summed E-state index contributed by atoms with van der Waals surface area (Å²) in [7, 11) is 1.37. The van der Waals surface area contributed by atoms with Gasteiger partial charge >= 0.3 is 0 Å². The summed E-state index contributed by atoms with van der Waals surface area (Å²) in [6.07, 6.45) is 1.95. The number of phenolic OH excluding ortho intramolecular Hbond substituents is 1. The van der Waals surface area contributed by atoms with Gasteiger partial charge in [-0.2, -0.15) is 0 Å². The van der Waals surface area contributed by atoms with Crippen molar-refractivity contribution in [3.63, 3.8) is 0 Å². The number of ether oxygens (including phenoxy) is 2. The van der Waals surface area contributed by atoms with E-state index < -0.39 is 22.9 Å². The molecule has 3 N–H and O–H groups in total. The first-order chi connectivity index (χ1) is 19.6. The number of hydroxylamine groups is 1. The van der Waals surface area contributed by atoms with Crippen molar-refractivity contribution in [2.24, 2.45) is 0 Å². The van der Waals surface area contributed by atoms with Gasteiger partial charge in [-0.25, -0.2) is 0 Å². The first-order valence-electron chi connectivity index (χ1n) is 13.4. The zero-order chi connectivity index (χ0) is 29.5. The summed E-state index contributed by atoms with van der Waals surface area (Å²) in [5, 5.41) is 16.1. The van der Waals surface area contributed by atoms with Crippen molar-refractivity contribution in [1.29, 1.82) is 0 Å². The zero-order valence-corrected chi connectivity index (χ0v) is 23.6. The second-order valence-electron chi connectivity index (χ2n) is 10.3. The molecule has 0 saturated carbocycles. The standard InChI is InChI=1S/C32H32N2O7/c1-6-13-40-34-18(3)26-22(35)15-25-32(4,30(26)37)28-23(36)14-24(39-5)27(29(28)41-25)31(38)33-16-21-17(2)11-12-19-9-7-8-10-20(19)21/h7-12,14-15,34,36H,6,13,16H2,1-5H3,(H,33,38)/t32-/m1/s1. The monoisotopic (exact) mass is 556 g/mol. The number of methoxy groups -OCH3 is 1. The van der Waals surface area contributed by atoms with E-state index in [1.807, 2.05) is 50.2 Å². The molecule has 0 fully saturated rings. The number of aryl methyl sites for hydroxylation is 1. The molecule has 1 heterocycles. The van der Waals surface area contributed by atoms with Crippen LogP contribution in [0.2, 0.25) is 0 Å². The van der Waals surface area contributed by atoms with Crippen LogP contribution in [0.4, 0.5) is 0 Å². The molecule has 5 rings (SSSR count). The van der Waals surface area contributed by atoms with Gasteiger partial charge in [-0.1, -0.05) is 43.3 Å². The zero-order valence-electron chi connectivity index (χ0n) is 23.6. The maximum atomic E-state index is 13.9. The molecule has 2 aliphatic rings. The Morgan fingerprint density at radius 3 is 2.63 bits per heavy atom. The third-order valence-electron chi connectivity index (χ3n) is 7.67. The van der Waals surface area contributed by atoms with Crippen molar-refractivity contribution in [3.05, 3.63) is 87.8 Å². The lowest BCUT2D eigenvalue weighted by Gasteiger charge is -2.28. The minimum Gasteiger partial charge on any atom is -0.507 e. The van der Waals surface area contributed by atoms with E-state index >= 15 is 0 Å². The van der Waals surface area contributed by atoms with Gasteiger partial charge in [-0.3, -0.25) is 24.7 Å². The van der Waals surface area contributed by atoms with Gasteiger partial charge in [0.2, 0.25) is 0 Å². The van der Waals surface area contributed by atoms with E-state index in [9.17, 15) is 19.5 Å². The van der Waals surface area contributed by atoms with Gasteiger partial charge in [0.1, 0.15) is 28.2 Å². The first kappa shape index (κ1) is 27.9. The van der Waals surface area contributed by atoms with E-state index in [0.29, 0.717) is 6.61 Å². The fourth-order valence-electron chi connectivity index (χ4n) is 5.47. The van der Waals surface area contributed by atoms with Crippen molar-refractivity contribution in [3.8, 4) is 17.2 Å². The van der Waals surface area contributed by atoms with Crippen LogP contribution in [-0.2, 0) is 26.4 Å². The average molecular weight is 557 g/mol. The topological polar surface area (TPSA) is 123 Å². The highest BCUT2D eigenvalue weighted by Gasteiger charge is 2.56. The fourth-order valence-corrected chi connectivity index (χ4v) is 5.47. The van der Waals surface area contributed by atoms with E-state index in [0.717, 1.165) is 28.3 Å². The lowest BCUT2D eigenvalue weighted by Crippen LogP contribution is -2.41. The van der Waals surface area contributed by atoms with Gasteiger partial charge in [-0.15, -0.1) is 0 Å². The van der Waals surface area contributed by atoms with Gasteiger partial charge in [-0.05, 0) is 49.1 Å². The molecule has 1 aliphatic heterocycles. The Morgan fingerprint density at radius 1 is 1.15 bits per heavy atom. The number of carbonyl (C=O) groups excluding carboxylic acids is 3. The highest BCUT2D eigenvalue weighted by molar-refractivity contribution is 6.31. The molecule has 0 spiro atoms. The van der Waals surface area contributed by atoms with Crippen molar-refractivity contribution in [1.82, 2.24) is 10.8 Å². The highest BCUT2D eigenvalue weighted by Crippen LogP contribution is 2.56. The molecule has 0 unspecified atom stereocenters. The molecule has 41 heavy (non-hydrogen) atoms. The van der Waals surface area contributed by atoms with Crippen LogP contribution in [0.1, 0.15) is 54.2 Å². The molecule has 0 radical (unpaired) electrons. The minimum atomic E-state index is -1.55. The van der Waals surface area contributed by atoms with Crippen LogP contribution >= 0.6 is 0 Å². The number of amides is 1. The van der Waals surface area contributed by atoms with Crippen molar-refractivity contribution in [2.75, 3.05) is 13.7 Å². The van der Waals surface area contributed by atoms with Gasteiger partial charge in [0, 0.05) is 24.4 Å². The van der Waals surface area contributed by atoms with Crippen LogP contribution in [-0.4, -0.2) is 36.3 Å². The predicted molar refractivity (Wildman–Crippen MR) is 153 cm³/mol. The average Bonchev–Trinajstić information content (AvgIpc) is 3.25. The molecule has 0 bridgehead atoms. The summed E-state index contributed by atoms with van der Waals surface area (Å²) in [5.41, 5.74) is 3.33. The number of ketones is 2. The van der Waals surface area contributed by atoms with E-state index in [2.05, 4.69) is 10.8 Å². The quantitative estimate of drug-likeness (QED) is 0.158. The van der Waals surface area contributed by atoms with Crippen LogP contribution in [0.5, 0.6) is 17.2 Å². The smallest absolute Gasteiger partial charge is 0.259 e. The summed E-state index contributed by atoms with van der Waals surface area (Å²) < 4.78 is 11.5. The third kappa shape index (κ3) is 4.52. The number of hydrogen-bond donors (Lipinski definition) is 3. The lowest BCUT2D eigenvalue weighted by molar-refractivity contribution is -0.123. The summed E-state index contributed by atoms with van der Waals surface area (Å²) in [5.74, 6) is -1.90. The molecule has 3 aromatic carbocycles. The van der Waals surface area contributed by atoms with E-state index in [4.69, 9.17) is 14.3 Å². The van der Waals surface area contributed by atoms with Gasteiger partial charge < -0.3 is 19.9 Å². The van der Waals surface area contributed by atoms with Gasteiger partial charge in [0.05, 0.1) is 24.9 Å². The van der Waals surface area contributed by atoms with Crippen LogP contribution < -0.4 is 20.3 Å². The normalized spacial score (nSPS) is 18.8. The Hall–Kier alpha value is -4.63. The molecule has 9 heteroatoms. The van der Waals surface area contributed by atoms with Gasteiger partial charge in [0.15, 0.2) is 17.3 Å². The third-order valence-corrected chi connectivity index (χ3v) is 7.67. The fraction of sp³-hybridized carbons (Fsp3) is 0.281. The highest BCUT2D eigenvalue weighted by atomic mass is 16.6. The number of allylic oxidation sites excluding steroid dienone is 4. The number of Topliss-reactive ketones (excluding diaryl/α,β-unsaturated/α-hetero) is 1. The molecule has 212 valence electrons. The molecule has 1 amide bonds. The molecular weight excluding hydrogens is 524 g/mol. The number of carbonyl (C=O) groups is 3. The van der Waals surface area contributed by atoms with Crippen molar-refractivity contribution in [2.45, 2.75) is 46.1 Å². The Morgan fingerprint density at radius 2 is 1.90 bits per heavy atom. The summed E-state index contributed by atoms with van der Waals surface area (Å²) in [6, 6.07) is 13.2. The minimum absolute atomic E-state index is 0.0154. The predicted octanol–water partition coefficient (Wildman–Crippen LogP) is 4.68. The number of hydrogen-bond acceptors (Lipinski definition) is 8. The molecule has 3 aromatic rings. The Balaban J connectivity index is 1.56. The molecule has 9 nitrogen and oxygen atoms in total. The van der Waals surface area contributed by atoms with Gasteiger partial charge in [0.25, 0.3) is 5.91 Å². The maximum Gasteiger partial charge on any atom is 0.259 e. The SMILES string of the molecule is CCCONC(C)=C1C(=O)C=C2Oc3c(C(=O)NCc4c(C)ccc5ccccc45)c(OC)cc(O)c3[C@]2(C)C1=O. The van der Waals surface area contributed by atoms with E-state index in [1.165, 1.54) is 19.3 Å². The Labute approximate surface area is 237 Å². The molecule has 1 atom stereocenters. The number of phenols is 1. The van der Waals surface area contributed by atoms with Crippen LogP contribution in [0.15, 0.2) is 65.6 Å². The number of nitrogens with one attached hydrogen (secondary N) is 2. The maximum absolute atomic E-state index is 13.9. The number of aromatic hydroxyl groups is 1. The second kappa shape index (κ2) is 10.7. The largest absolute Gasteiger partial charge is 0.507 e. The van der Waals surface area contributed by atoms with E-state index in [-0.39, 0.29) is 51.9 Å². The number of fused-ring (bicyclic) bond motifs is 4. The molecule has 0 aromatic heterocycles. The second-order valence-corrected chi connectivity index (χ2v) is 10.3. The van der Waals surface area contributed by atoms with Crippen molar-refractivity contribution < 1.29 is 33.8 Å². The summed E-state index contributed by atoms with van der Waals surface area (Å²) in [6.45, 7) is 7.64. The van der Waals surface area contributed by atoms with E-state index in [1.54, 1.807) is 13.8 Å². The lowest BCUT2D eigenvalue weighted by atomic mass is 9.70. The molecule has 0 saturated heterocycles. The van der Waals surface area contributed by atoms with Crippen LogP contribution in [0.25, 0.3) is 10.8 Å². The summed E-state index contributed by atoms with van der Waals surface area (Å²) in [4.78, 5) is 46.0. The number of rotatable bonds is 8. The Bertz CT molecular complexity index is 1670. The van der Waals surface area contributed by atoms with Crippen LogP contribution in [0.3, 0.4) is 0 Å². The number of benzene rings is 3. The molecule has 1 aliphatic carbocycles.